The van der Waals surface area contributed by atoms with Crippen LogP contribution in [-0.4, -0.2) is 38.4 Å². The quantitative estimate of drug-likeness (QED) is 0.436. The number of nitrogens with zero attached hydrogens (tertiary/aromatic N) is 1. The molecular formula is C7H18N2O. The van der Waals surface area contributed by atoms with Crippen molar-refractivity contribution >= 4 is 0 Å². The minimum Gasteiger partial charge on any atom is -0.316 e. The second-order valence-corrected chi connectivity index (χ2v) is 2.06. The predicted molar refractivity (Wildman–Crippen MR) is 42.8 cm³/mol. The van der Waals surface area contributed by atoms with Crippen molar-refractivity contribution in [2.45, 2.75) is 13.8 Å². The van der Waals surface area contributed by atoms with Crippen molar-refractivity contribution in [2.75, 3.05) is 33.3 Å². The lowest BCUT2D eigenvalue weighted by atomic mass is 10.5. The predicted octanol–water partition coefficient (Wildman–Crippen LogP) is 0.479. The first-order chi connectivity index (χ1) is 4.85. The third-order valence-corrected chi connectivity index (χ3v) is 1.40. The third kappa shape index (κ3) is 4.73. The number of rotatable bonds is 6. The van der Waals surface area contributed by atoms with Gasteiger partial charge in [-0.05, 0) is 6.54 Å². The summed E-state index contributed by atoms with van der Waals surface area (Å²) in [7, 11) is 1.70. The molecule has 0 saturated carbocycles. The Kier molecular flexibility index (Phi) is 6.91. The Bertz CT molecular complexity index is 64.6. The van der Waals surface area contributed by atoms with Crippen molar-refractivity contribution in [3.05, 3.63) is 0 Å². The molecule has 0 unspecified atom stereocenters. The zero-order valence-electron chi connectivity index (χ0n) is 7.18. The first-order valence-corrected chi connectivity index (χ1v) is 3.84. The molecule has 0 rings (SSSR count). The molecule has 0 aromatic carbocycles. The molecule has 0 spiro atoms. The van der Waals surface area contributed by atoms with Crippen LogP contribution in [0.25, 0.3) is 0 Å². The zero-order valence-corrected chi connectivity index (χ0v) is 7.18. The molecule has 0 aliphatic heterocycles. The highest BCUT2D eigenvalue weighted by Gasteiger charge is 1.96. The van der Waals surface area contributed by atoms with E-state index in [2.05, 4.69) is 19.2 Å². The van der Waals surface area contributed by atoms with Crippen LogP contribution in [0.1, 0.15) is 13.8 Å². The van der Waals surface area contributed by atoms with Crippen LogP contribution in [-0.2, 0) is 4.84 Å². The van der Waals surface area contributed by atoms with E-state index in [1.807, 2.05) is 5.06 Å². The van der Waals surface area contributed by atoms with Crippen LogP contribution < -0.4 is 5.32 Å². The highest BCUT2D eigenvalue weighted by Crippen LogP contribution is 1.83. The maximum atomic E-state index is 5.04. The summed E-state index contributed by atoms with van der Waals surface area (Å²) in [6.45, 7) is 8.11. The second-order valence-electron chi connectivity index (χ2n) is 2.06. The van der Waals surface area contributed by atoms with Crippen LogP contribution in [0.15, 0.2) is 0 Å². The molecule has 0 aromatic rings. The normalized spacial score (nSPS) is 10.8. The van der Waals surface area contributed by atoms with Gasteiger partial charge in [-0.25, -0.2) is 0 Å². The van der Waals surface area contributed by atoms with E-state index in [9.17, 15) is 0 Å². The molecule has 3 heteroatoms. The molecule has 0 radical (unpaired) electrons. The van der Waals surface area contributed by atoms with Gasteiger partial charge in [0.2, 0.25) is 0 Å². The summed E-state index contributed by atoms with van der Waals surface area (Å²) in [5.41, 5.74) is 0. The Morgan fingerprint density at radius 3 is 2.50 bits per heavy atom. The molecule has 0 atom stereocenters. The third-order valence-electron chi connectivity index (χ3n) is 1.40. The van der Waals surface area contributed by atoms with Gasteiger partial charge in [-0.3, -0.25) is 0 Å². The smallest absolute Gasteiger partial charge is 0.0575 e. The van der Waals surface area contributed by atoms with Gasteiger partial charge in [0.05, 0.1) is 7.11 Å². The van der Waals surface area contributed by atoms with Crippen molar-refractivity contribution in [2.24, 2.45) is 0 Å². The number of hydroxylamine groups is 2. The van der Waals surface area contributed by atoms with E-state index in [0.717, 1.165) is 26.2 Å². The van der Waals surface area contributed by atoms with Gasteiger partial charge in [-0.15, -0.1) is 0 Å². The van der Waals surface area contributed by atoms with E-state index in [-0.39, 0.29) is 0 Å². The van der Waals surface area contributed by atoms with E-state index in [0.29, 0.717) is 0 Å². The molecule has 0 fully saturated rings. The largest absolute Gasteiger partial charge is 0.316 e. The summed E-state index contributed by atoms with van der Waals surface area (Å²) >= 11 is 0. The maximum Gasteiger partial charge on any atom is 0.0575 e. The fraction of sp³-hybridized carbons (Fsp3) is 1.00. The molecule has 62 valence electrons. The van der Waals surface area contributed by atoms with Gasteiger partial charge in [0.1, 0.15) is 0 Å². The molecule has 0 saturated heterocycles. The van der Waals surface area contributed by atoms with Gasteiger partial charge in [-0.1, -0.05) is 13.8 Å². The average Bonchev–Trinajstić information content (AvgIpc) is 1.99. The van der Waals surface area contributed by atoms with Crippen LogP contribution in [0.2, 0.25) is 0 Å². The summed E-state index contributed by atoms with van der Waals surface area (Å²) in [5.74, 6) is 0. The summed E-state index contributed by atoms with van der Waals surface area (Å²) in [6, 6.07) is 0. The summed E-state index contributed by atoms with van der Waals surface area (Å²) in [6.07, 6.45) is 0. The van der Waals surface area contributed by atoms with E-state index in [1.165, 1.54) is 0 Å². The lowest BCUT2D eigenvalue weighted by molar-refractivity contribution is -0.125. The highest BCUT2D eigenvalue weighted by molar-refractivity contribution is 4.46. The second kappa shape index (κ2) is 6.99. The first-order valence-electron chi connectivity index (χ1n) is 3.84. The van der Waals surface area contributed by atoms with Gasteiger partial charge in [0, 0.05) is 19.6 Å². The molecule has 0 heterocycles. The van der Waals surface area contributed by atoms with Crippen molar-refractivity contribution in [1.82, 2.24) is 10.4 Å². The number of nitrogens with one attached hydrogen (secondary N) is 1. The Morgan fingerprint density at radius 2 is 2.10 bits per heavy atom. The fourth-order valence-electron chi connectivity index (χ4n) is 0.759. The fourth-order valence-corrected chi connectivity index (χ4v) is 0.759. The molecule has 1 N–H and O–H groups in total. The van der Waals surface area contributed by atoms with E-state index in [4.69, 9.17) is 4.84 Å². The molecule has 0 amide bonds. The molecule has 10 heavy (non-hydrogen) atoms. The van der Waals surface area contributed by atoms with Gasteiger partial charge in [-0.2, -0.15) is 5.06 Å². The van der Waals surface area contributed by atoms with Crippen molar-refractivity contribution in [3.63, 3.8) is 0 Å². The molecule has 3 nitrogen and oxygen atoms in total. The maximum absolute atomic E-state index is 5.04. The van der Waals surface area contributed by atoms with Crippen molar-refractivity contribution in [1.29, 1.82) is 0 Å². The minimum absolute atomic E-state index is 0.946. The van der Waals surface area contributed by atoms with Crippen LogP contribution in [0.3, 0.4) is 0 Å². The number of hydrogen-bond acceptors (Lipinski definition) is 3. The SMILES string of the molecule is CCNCCN(CC)OC. The Balaban J connectivity index is 3.09. The Hall–Kier alpha value is -0.120. The summed E-state index contributed by atoms with van der Waals surface area (Å²) < 4.78 is 0. The van der Waals surface area contributed by atoms with Crippen LogP contribution >= 0.6 is 0 Å². The van der Waals surface area contributed by atoms with Crippen molar-refractivity contribution in [3.8, 4) is 0 Å². The number of hydrogen-bond donors (Lipinski definition) is 1. The topological polar surface area (TPSA) is 24.5 Å². The lowest BCUT2D eigenvalue weighted by Gasteiger charge is -2.16. The molecule has 0 aliphatic carbocycles. The van der Waals surface area contributed by atoms with Crippen LogP contribution in [0, 0.1) is 0 Å². The number of likely N-dealkylation sites (N-methyl/N-ethyl adjacent to an activating group) is 2. The molecule has 0 aromatic heterocycles. The van der Waals surface area contributed by atoms with E-state index >= 15 is 0 Å². The van der Waals surface area contributed by atoms with E-state index < -0.39 is 0 Å². The van der Waals surface area contributed by atoms with E-state index in [1.54, 1.807) is 7.11 Å². The Labute approximate surface area is 63.3 Å². The average molecular weight is 146 g/mol. The first kappa shape index (κ1) is 9.88. The monoisotopic (exact) mass is 146 g/mol. The van der Waals surface area contributed by atoms with Crippen molar-refractivity contribution < 1.29 is 4.84 Å². The van der Waals surface area contributed by atoms with Gasteiger partial charge in [0.25, 0.3) is 0 Å². The molecular weight excluding hydrogens is 128 g/mol. The lowest BCUT2D eigenvalue weighted by Crippen LogP contribution is -2.31. The van der Waals surface area contributed by atoms with Gasteiger partial charge < -0.3 is 10.2 Å². The van der Waals surface area contributed by atoms with Crippen LogP contribution in [0.5, 0.6) is 0 Å². The Morgan fingerprint density at radius 1 is 1.40 bits per heavy atom. The standard InChI is InChI=1S/C7H18N2O/c1-4-8-6-7-9(5-2)10-3/h8H,4-7H2,1-3H3. The highest BCUT2D eigenvalue weighted by atomic mass is 16.7. The minimum atomic E-state index is 0.946. The summed E-state index contributed by atoms with van der Waals surface area (Å²) in [5, 5.41) is 5.14. The van der Waals surface area contributed by atoms with Gasteiger partial charge in [0.15, 0.2) is 0 Å². The zero-order chi connectivity index (χ0) is 7.82. The van der Waals surface area contributed by atoms with Gasteiger partial charge >= 0.3 is 0 Å². The summed E-state index contributed by atoms with van der Waals surface area (Å²) in [4.78, 5) is 5.04. The molecule has 0 aliphatic rings. The molecule has 0 bridgehead atoms. The van der Waals surface area contributed by atoms with Crippen LogP contribution in [0.4, 0.5) is 0 Å².